The van der Waals surface area contributed by atoms with E-state index in [4.69, 9.17) is 27.4 Å². The van der Waals surface area contributed by atoms with Crippen LogP contribution in [0.2, 0.25) is 0 Å². The molecule has 0 aliphatic carbocycles. The first-order chi connectivity index (χ1) is 17.4. The van der Waals surface area contributed by atoms with Crippen molar-refractivity contribution in [3.8, 4) is 0 Å². The van der Waals surface area contributed by atoms with E-state index in [0.717, 1.165) is 4.57 Å². The molecule has 188 valence electrons. The molecular formula is C24H23N2O9P. The van der Waals surface area contributed by atoms with Crippen molar-refractivity contribution in [3.05, 3.63) is 105 Å². The summed E-state index contributed by atoms with van der Waals surface area (Å²) in [7, 11) is -3.45. The van der Waals surface area contributed by atoms with Gasteiger partial charge in [-0.1, -0.05) is 0 Å². The van der Waals surface area contributed by atoms with Gasteiger partial charge in [0.2, 0.25) is 0 Å². The van der Waals surface area contributed by atoms with Crippen LogP contribution in [-0.2, 0) is 27.4 Å². The zero-order valence-electron chi connectivity index (χ0n) is 19.1. The summed E-state index contributed by atoms with van der Waals surface area (Å²) in [4.78, 5) is 26.3. The second kappa shape index (κ2) is 8.38. The Hall–Kier alpha value is -3.31. The molecule has 1 aromatic heterocycles. The van der Waals surface area contributed by atoms with Gasteiger partial charge in [0.15, 0.2) is 0 Å². The SMILES string of the molecule is COP12(OC(c3ccccc3)=C(c3ccccc3)O1)O[C@@H]1[C@H](O2)[C@@H](CO)O[C@H]1n1ccc(=O)[nH]c1=O. The number of rotatable bonds is 5. The number of nitrogens with one attached hydrogen (secondary N) is 1. The quantitative estimate of drug-likeness (QED) is 0.494. The Labute approximate surface area is 204 Å². The van der Waals surface area contributed by atoms with Crippen molar-refractivity contribution >= 4 is 19.3 Å². The number of fused-ring (bicyclic) bond motifs is 1. The first-order valence-electron chi connectivity index (χ1n) is 11.2. The van der Waals surface area contributed by atoms with Crippen LogP contribution in [0.15, 0.2) is 82.5 Å². The standard InChI is InChI=1S/C24H23N2O9P/c1-30-36(32-19(15-8-4-2-5-9-15)20(33-36)16-10-6-3-7-11-16)34-21-17(14-27)31-23(22(21)35-36)26-13-12-18(28)25-24(26)29/h2-13,17,21-23,27H,14H2,1H3,(H,25,28,29)/t17-,21-,22-,23-/m1/s1. The van der Waals surface area contributed by atoms with Crippen LogP contribution in [0.5, 0.6) is 0 Å². The summed E-state index contributed by atoms with van der Waals surface area (Å²) < 4.78 is 38.4. The molecular weight excluding hydrogens is 491 g/mol. The summed E-state index contributed by atoms with van der Waals surface area (Å²) in [6.45, 7) is -0.431. The van der Waals surface area contributed by atoms with Gasteiger partial charge in [-0.2, -0.15) is 0 Å². The fraction of sp³-hybridized carbons (Fsp3) is 0.250. The number of aliphatic hydroxyl groups excluding tert-OH is 1. The number of ether oxygens (including phenoxy) is 1. The molecule has 36 heavy (non-hydrogen) atoms. The van der Waals surface area contributed by atoms with E-state index in [1.165, 1.54) is 19.4 Å². The van der Waals surface area contributed by atoms with Gasteiger partial charge in [-0.15, -0.1) is 0 Å². The van der Waals surface area contributed by atoms with Crippen LogP contribution in [0.4, 0.5) is 0 Å². The van der Waals surface area contributed by atoms with Gasteiger partial charge in [-0.3, -0.25) is 0 Å². The van der Waals surface area contributed by atoms with Gasteiger partial charge in [0, 0.05) is 0 Å². The van der Waals surface area contributed by atoms with Crippen molar-refractivity contribution in [2.24, 2.45) is 0 Å². The van der Waals surface area contributed by atoms with Gasteiger partial charge >= 0.3 is 204 Å². The molecule has 3 aliphatic heterocycles. The van der Waals surface area contributed by atoms with Crippen molar-refractivity contribution in [2.45, 2.75) is 24.5 Å². The number of aromatic amines is 1. The van der Waals surface area contributed by atoms with Crippen LogP contribution in [0.1, 0.15) is 17.4 Å². The van der Waals surface area contributed by atoms with Crippen LogP contribution in [0.25, 0.3) is 11.5 Å². The predicted molar refractivity (Wildman–Crippen MR) is 128 cm³/mol. The number of hydrogen-bond acceptors (Lipinski definition) is 9. The molecule has 2 fully saturated rings. The van der Waals surface area contributed by atoms with Crippen molar-refractivity contribution < 1.29 is 32.5 Å². The molecule has 3 aromatic rings. The summed E-state index contributed by atoms with van der Waals surface area (Å²) in [5.74, 6) is 0.723. The molecule has 0 radical (unpaired) electrons. The van der Waals surface area contributed by atoms with Gasteiger partial charge in [-0.25, -0.2) is 0 Å². The van der Waals surface area contributed by atoms with Crippen molar-refractivity contribution in [2.75, 3.05) is 13.7 Å². The first kappa shape index (κ1) is 23.1. The van der Waals surface area contributed by atoms with Gasteiger partial charge in [0.1, 0.15) is 0 Å². The van der Waals surface area contributed by atoms with Gasteiger partial charge in [-0.05, 0) is 0 Å². The molecule has 2 saturated heterocycles. The van der Waals surface area contributed by atoms with E-state index in [2.05, 4.69) is 4.98 Å². The molecule has 1 spiro atoms. The average Bonchev–Trinajstić information content (AvgIpc) is 3.54. The normalized spacial score (nSPS) is 28.8. The molecule has 0 saturated carbocycles. The summed E-state index contributed by atoms with van der Waals surface area (Å²) in [5, 5.41) is 10.0. The van der Waals surface area contributed by atoms with Crippen LogP contribution >= 0.6 is 7.74 Å². The predicted octanol–water partition coefficient (Wildman–Crippen LogP) is 2.56. The third kappa shape index (κ3) is 3.52. The van der Waals surface area contributed by atoms with Crippen molar-refractivity contribution in [3.63, 3.8) is 0 Å². The van der Waals surface area contributed by atoms with Gasteiger partial charge in [0.05, 0.1) is 0 Å². The average molecular weight is 514 g/mol. The second-order valence-corrected chi connectivity index (χ2v) is 11.0. The van der Waals surface area contributed by atoms with Crippen LogP contribution in [-0.4, -0.2) is 46.7 Å². The summed E-state index contributed by atoms with van der Waals surface area (Å²) in [6, 6.07) is 19.8. The molecule has 12 heteroatoms. The topological polar surface area (TPSA) is 130 Å². The fourth-order valence-electron chi connectivity index (χ4n) is 4.56. The number of nitrogens with zero attached hydrogens (tertiary/aromatic N) is 1. The molecule has 2 aromatic carbocycles. The van der Waals surface area contributed by atoms with Crippen LogP contribution in [0.3, 0.4) is 0 Å². The summed E-state index contributed by atoms with van der Waals surface area (Å²) >= 11 is 0. The molecule has 4 atom stereocenters. The van der Waals surface area contributed by atoms with E-state index in [9.17, 15) is 14.7 Å². The zero-order valence-corrected chi connectivity index (χ0v) is 19.9. The Morgan fingerprint density at radius 1 is 0.917 bits per heavy atom. The number of aliphatic hydroxyl groups is 1. The zero-order chi connectivity index (χ0) is 24.9. The Morgan fingerprint density at radius 3 is 2.03 bits per heavy atom. The maximum absolute atomic E-state index is 12.5. The second-order valence-electron chi connectivity index (χ2n) is 8.41. The molecule has 0 amide bonds. The van der Waals surface area contributed by atoms with E-state index in [0.29, 0.717) is 22.6 Å². The molecule has 6 rings (SSSR count). The molecule has 11 nitrogen and oxygen atoms in total. The number of aromatic nitrogens is 2. The van der Waals surface area contributed by atoms with Gasteiger partial charge < -0.3 is 0 Å². The van der Waals surface area contributed by atoms with Gasteiger partial charge in [0.25, 0.3) is 0 Å². The molecule has 3 aliphatic rings. The molecule has 0 unspecified atom stereocenters. The minimum absolute atomic E-state index is 0.362. The minimum atomic E-state index is -4.80. The first-order valence-corrected chi connectivity index (χ1v) is 13.1. The van der Waals surface area contributed by atoms with Crippen LogP contribution < -0.4 is 11.2 Å². The third-order valence-electron chi connectivity index (χ3n) is 6.24. The third-order valence-corrected chi connectivity index (χ3v) is 8.97. The number of hydrogen-bond donors (Lipinski definition) is 2. The maximum atomic E-state index is 12.5. The fourth-order valence-corrected chi connectivity index (χ4v) is 7.39. The number of benzene rings is 2. The molecule has 0 bridgehead atoms. The summed E-state index contributed by atoms with van der Waals surface area (Å²) in [6.07, 6.45) is -2.51. The Bertz CT molecular complexity index is 1390. The Balaban J connectivity index is 1.44. The number of H-pyrrole nitrogens is 1. The molecule has 4 heterocycles. The van der Waals surface area contributed by atoms with E-state index in [-0.39, 0.29) is 0 Å². The van der Waals surface area contributed by atoms with Crippen LogP contribution in [0, 0.1) is 0 Å². The van der Waals surface area contributed by atoms with E-state index in [1.54, 1.807) is 0 Å². The van der Waals surface area contributed by atoms with Crippen molar-refractivity contribution in [1.29, 1.82) is 0 Å². The Kier molecular flexibility index (Phi) is 5.38. The van der Waals surface area contributed by atoms with Crippen molar-refractivity contribution in [1.82, 2.24) is 9.55 Å². The van der Waals surface area contributed by atoms with E-state index in [1.807, 2.05) is 60.7 Å². The summed E-state index contributed by atoms with van der Waals surface area (Å²) in [5.41, 5.74) is 0.159. The van der Waals surface area contributed by atoms with E-state index < -0.39 is 50.1 Å². The molecule has 2 N–H and O–H groups in total. The monoisotopic (exact) mass is 514 g/mol. The Morgan fingerprint density at radius 2 is 1.50 bits per heavy atom. The van der Waals surface area contributed by atoms with E-state index >= 15 is 0 Å².